The van der Waals surface area contributed by atoms with E-state index in [0.29, 0.717) is 12.1 Å². The first-order chi connectivity index (χ1) is 17.5. The maximum atomic E-state index is 13.0. The summed E-state index contributed by atoms with van der Waals surface area (Å²) in [6.45, 7) is 3.12. The molecule has 3 atom stereocenters. The minimum atomic E-state index is -4.94. The van der Waals surface area contributed by atoms with Gasteiger partial charge in [-0.2, -0.15) is 26.3 Å². The Labute approximate surface area is 214 Å². The largest absolute Gasteiger partial charge is 0.469 e. The molecule has 4 rings (SSSR count). The lowest BCUT2D eigenvalue weighted by atomic mass is 9.81. The summed E-state index contributed by atoms with van der Waals surface area (Å²) in [5.41, 5.74) is -3.12. The summed E-state index contributed by atoms with van der Waals surface area (Å²) < 4.78 is 100. The number of nitrogens with zero attached hydrogens (tertiary/aromatic N) is 1. The second kappa shape index (κ2) is 10.9. The van der Waals surface area contributed by atoms with Crippen molar-refractivity contribution in [2.24, 2.45) is 5.41 Å². The van der Waals surface area contributed by atoms with Gasteiger partial charge in [0.05, 0.1) is 42.4 Å². The lowest BCUT2D eigenvalue weighted by molar-refractivity contribution is -0.153. The fourth-order valence-corrected chi connectivity index (χ4v) is 4.62. The monoisotopic (exact) mass is 549 g/mol. The molecule has 2 saturated heterocycles. The Morgan fingerprint density at radius 1 is 1.03 bits per heavy atom. The van der Waals surface area contributed by atoms with Gasteiger partial charge in [0.2, 0.25) is 5.91 Å². The Kier molecular flexibility index (Phi) is 8.45. The molecule has 0 N–H and O–H groups in total. The molecule has 38 heavy (non-hydrogen) atoms. The van der Waals surface area contributed by atoms with Crippen LogP contribution in [0.25, 0.3) is 0 Å². The highest BCUT2D eigenvalue weighted by Gasteiger charge is 2.57. The van der Waals surface area contributed by atoms with E-state index in [1.54, 1.807) is 19.1 Å². The number of carbonyl (C=O) groups excluding carboxylic acids is 2. The smallest absolute Gasteiger partial charge is 0.416 e. The van der Waals surface area contributed by atoms with Crippen LogP contribution in [0.2, 0.25) is 0 Å². The van der Waals surface area contributed by atoms with Crippen LogP contribution in [0.15, 0.2) is 42.5 Å². The van der Waals surface area contributed by atoms with Crippen LogP contribution >= 0.6 is 0 Å². The zero-order valence-corrected chi connectivity index (χ0v) is 20.8. The van der Waals surface area contributed by atoms with E-state index in [1.807, 2.05) is 6.92 Å². The van der Waals surface area contributed by atoms with Crippen molar-refractivity contribution in [3.63, 3.8) is 0 Å². The van der Waals surface area contributed by atoms with Gasteiger partial charge in [0.15, 0.2) is 0 Å². The second-order valence-electron chi connectivity index (χ2n) is 9.53. The van der Waals surface area contributed by atoms with Gasteiger partial charge in [-0.15, -0.1) is 0 Å². The molecule has 208 valence electrons. The third-order valence-corrected chi connectivity index (χ3v) is 6.63. The van der Waals surface area contributed by atoms with Crippen molar-refractivity contribution in [2.75, 3.05) is 13.7 Å². The number of alkyl halides is 6. The molecular formula is C26H26F7NO4. The highest BCUT2D eigenvalue weighted by molar-refractivity contribution is 5.90. The maximum absolute atomic E-state index is 13.0. The predicted molar refractivity (Wildman–Crippen MR) is 121 cm³/mol. The molecule has 2 aliphatic heterocycles. The molecule has 0 aromatic heterocycles. The predicted octanol–water partition coefficient (Wildman–Crippen LogP) is 5.93. The van der Waals surface area contributed by atoms with Crippen LogP contribution in [-0.2, 0) is 38.0 Å². The van der Waals surface area contributed by atoms with E-state index in [4.69, 9.17) is 9.47 Å². The van der Waals surface area contributed by atoms with Gasteiger partial charge >= 0.3 is 18.3 Å². The molecule has 2 unspecified atom stereocenters. The molecule has 0 spiro atoms. The molecule has 2 aromatic rings. The van der Waals surface area contributed by atoms with Gasteiger partial charge in [-0.1, -0.05) is 17.7 Å². The number of ether oxygens (including phenoxy) is 2. The summed E-state index contributed by atoms with van der Waals surface area (Å²) in [5.74, 6) is -1.01. The Morgan fingerprint density at radius 2 is 1.58 bits per heavy atom. The molecule has 0 aliphatic carbocycles. The van der Waals surface area contributed by atoms with Gasteiger partial charge in [0.1, 0.15) is 5.82 Å². The summed E-state index contributed by atoms with van der Waals surface area (Å²) in [5, 5.41) is 0. The number of aryl methyl sites for hydroxylation is 1. The highest BCUT2D eigenvalue weighted by atomic mass is 19.4. The van der Waals surface area contributed by atoms with Crippen LogP contribution in [0.3, 0.4) is 0 Å². The molecule has 0 radical (unpaired) electrons. The summed E-state index contributed by atoms with van der Waals surface area (Å²) >= 11 is 0. The Balaban J connectivity index is 0.000000427. The normalized spacial score (nSPS) is 23.1. The molecule has 0 saturated carbocycles. The first kappa shape index (κ1) is 29.4. The number of rotatable bonds is 4. The lowest BCUT2D eigenvalue weighted by Crippen LogP contribution is -2.40. The van der Waals surface area contributed by atoms with E-state index < -0.39 is 53.6 Å². The summed E-state index contributed by atoms with van der Waals surface area (Å²) in [4.78, 5) is 25.8. The zero-order valence-electron chi connectivity index (χ0n) is 20.8. The van der Waals surface area contributed by atoms with Crippen LogP contribution in [0.4, 0.5) is 30.7 Å². The third-order valence-electron chi connectivity index (χ3n) is 6.63. The third kappa shape index (κ3) is 6.64. The number of halogens is 7. The molecule has 2 heterocycles. The van der Waals surface area contributed by atoms with E-state index in [2.05, 4.69) is 0 Å². The summed E-state index contributed by atoms with van der Waals surface area (Å²) in [6, 6.07) is 7.16. The number of benzene rings is 2. The van der Waals surface area contributed by atoms with E-state index in [9.17, 15) is 40.3 Å². The van der Waals surface area contributed by atoms with Crippen molar-refractivity contribution in [1.82, 2.24) is 4.90 Å². The Bertz CT molecular complexity index is 1110. The topological polar surface area (TPSA) is 55.8 Å². The van der Waals surface area contributed by atoms with E-state index >= 15 is 0 Å². The zero-order chi connectivity index (χ0) is 28.5. The number of fused-ring (bicyclic) bond motifs is 1. The maximum Gasteiger partial charge on any atom is 0.416 e. The Hall–Kier alpha value is -3.15. The molecule has 2 aromatic carbocycles. The molecule has 0 bridgehead atoms. The summed E-state index contributed by atoms with van der Waals surface area (Å²) in [7, 11) is 1.20. The van der Waals surface area contributed by atoms with Crippen molar-refractivity contribution < 1.29 is 49.8 Å². The van der Waals surface area contributed by atoms with Crippen LogP contribution in [-0.4, -0.2) is 42.6 Å². The van der Waals surface area contributed by atoms with Crippen LogP contribution in [0, 0.1) is 18.2 Å². The van der Waals surface area contributed by atoms with E-state index in [1.165, 1.54) is 24.1 Å². The fourth-order valence-electron chi connectivity index (χ4n) is 4.62. The molecule has 2 aliphatic rings. The van der Waals surface area contributed by atoms with Crippen molar-refractivity contribution in [3.05, 3.63) is 70.5 Å². The van der Waals surface area contributed by atoms with Crippen molar-refractivity contribution in [2.45, 2.75) is 57.8 Å². The Morgan fingerprint density at radius 3 is 2.05 bits per heavy atom. The van der Waals surface area contributed by atoms with Crippen molar-refractivity contribution >= 4 is 11.9 Å². The molecule has 1 amide bonds. The number of hydrogen-bond acceptors (Lipinski definition) is 4. The van der Waals surface area contributed by atoms with E-state index in [-0.39, 0.29) is 42.7 Å². The van der Waals surface area contributed by atoms with Crippen molar-refractivity contribution in [3.8, 4) is 0 Å². The van der Waals surface area contributed by atoms with Gasteiger partial charge < -0.3 is 14.4 Å². The van der Waals surface area contributed by atoms with E-state index in [0.717, 1.165) is 5.56 Å². The fraction of sp³-hybridized carbons (Fsp3) is 0.462. The van der Waals surface area contributed by atoms with Crippen LogP contribution in [0.1, 0.15) is 42.0 Å². The molecule has 5 nitrogen and oxygen atoms in total. The van der Waals surface area contributed by atoms with Gasteiger partial charge in [-0.05, 0) is 56.2 Å². The molecule has 2 fully saturated rings. The van der Waals surface area contributed by atoms with Gasteiger partial charge in [0, 0.05) is 13.0 Å². The number of esters is 1. The van der Waals surface area contributed by atoms with Gasteiger partial charge in [0.25, 0.3) is 0 Å². The first-order valence-electron chi connectivity index (χ1n) is 11.5. The van der Waals surface area contributed by atoms with Crippen molar-refractivity contribution in [1.29, 1.82) is 0 Å². The minimum absolute atomic E-state index is 0.0281. The average molecular weight is 549 g/mol. The number of carbonyl (C=O) groups is 2. The van der Waals surface area contributed by atoms with Gasteiger partial charge in [-0.25, -0.2) is 4.39 Å². The highest BCUT2D eigenvalue weighted by Crippen LogP contribution is 2.45. The average Bonchev–Trinajstić information content (AvgIpc) is 3.37. The van der Waals surface area contributed by atoms with Crippen LogP contribution < -0.4 is 0 Å². The lowest BCUT2D eigenvalue weighted by Gasteiger charge is -2.27. The minimum Gasteiger partial charge on any atom is -0.469 e. The van der Waals surface area contributed by atoms with Gasteiger partial charge in [-0.3, -0.25) is 9.59 Å². The second-order valence-corrected chi connectivity index (χ2v) is 9.53. The number of methoxy groups -OCH3 is 1. The number of amides is 1. The molecular weight excluding hydrogens is 523 g/mol. The standard InChI is InChI=1S/C19H19F6NO4.C7H7F/c1-17(16(28)29-2)7-15(27)26-8-13(6-14(17)26)30-9-10-3-11(18(20,21)22)5-12(4-10)19(23,24)25;1-6-2-4-7(8)5-3-6/h3-5,13-14H,6-9H2,1-2H3;2-5H,1H3/t13-,14?,17?;/m1./s1. The quantitative estimate of drug-likeness (QED) is 0.351. The first-order valence-corrected chi connectivity index (χ1v) is 11.5. The molecule has 12 heteroatoms. The SMILES string of the molecule is COC(=O)C1(C)CC(=O)N2C[C@H](OCc3cc(C(F)(F)F)cc(C(F)(F)F)c3)CC21.Cc1ccc(F)cc1. The van der Waals surface area contributed by atoms with Crippen LogP contribution in [0.5, 0.6) is 0 Å². The number of hydrogen-bond donors (Lipinski definition) is 0. The summed E-state index contributed by atoms with van der Waals surface area (Å²) in [6.07, 6.45) is -10.3.